The van der Waals surface area contributed by atoms with Gasteiger partial charge in [-0.3, -0.25) is 0 Å². The molecule has 3 heteroatoms. The fraction of sp³-hybridized carbons (Fsp3) is 1.00. The van der Waals surface area contributed by atoms with Crippen molar-refractivity contribution in [3.63, 3.8) is 0 Å². The fourth-order valence-corrected chi connectivity index (χ4v) is 2.19. The molecule has 0 aromatic heterocycles. The number of aliphatic hydroxyl groups excluding tert-OH is 1. The number of nitrogens with one attached hydrogen (secondary N) is 1. The first-order chi connectivity index (χ1) is 6.34. The van der Waals surface area contributed by atoms with Crippen LogP contribution in [0.5, 0.6) is 0 Å². The maximum Gasteiger partial charge on any atom is 0.0693 e. The van der Waals surface area contributed by atoms with Crippen LogP contribution in [-0.2, 0) is 0 Å². The van der Waals surface area contributed by atoms with Crippen LogP contribution in [0.1, 0.15) is 32.1 Å². The molecule has 1 aliphatic carbocycles. The molecule has 0 saturated heterocycles. The Morgan fingerprint density at radius 2 is 2.08 bits per heavy atom. The molecule has 0 spiro atoms. The normalized spacial score (nSPS) is 30.0. The average molecular weight is 203 g/mol. The predicted octanol–water partition coefficient (Wildman–Crippen LogP) is 1.63. The van der Waals surface area contributed by atoms with Gasteiger partial charge >= 0.3 is 0 Å². The SMILES string of the molecule is CSCCNC1CCCCCC1O. The topological polar surface area (TPSA) is 32.3 Å². The first kappa shape index (κ1) is 11.3. The molecular formula is C10H21NOS. The van der Waals surface area contributed by atoms with Gasteiger partial charge in [0.2, 0.25) is 0 Å². The molecule has 0 aromatic rings. The van der Waals surface area contributed by atoms with E-state index < -0.39 is 0 Å². The summed E-state index contributed by atoms with van der Waals surface area (Å²) in [5, 5.41) is 13.2. The molecule has 0 aliphatic heterocycles. The summed E-state index contributed by atoms with van der Waals surface area (Å²) >= 11 is 1.85. The molecule has 1 saturated carbocycles. The van der Waals surface area contributed by atoms with Crippen LogP contribution in [0.2, 0.25) is 0 Å². The summed E-state index contributed by atoms with van der Waals surface area (Å²) in [6.45, 7) is 1.03. The minimum atomic E-state index is -0.107. The van der Waals surface area contributed by atoms with Crippen molar-refractivity contribution < 1.29 is 5.11 Å². The van der Waals surface area contributed by atoms with E-state index >= 15 is 0 Å². The summed E-state index contributed by atoms with van der Waals surface area (Å²) in [4.78, 5) is 0. The van der Waals surface area contributed by atoms with Crippen LogP contribution in [0.25, 0.3) is 0 Å². The van der Waals surface area contributed by atoms with E-state index in [1.807, 2.05) is 11.8 Å². The second-order valence-electron chi connectivity index (χ2n) is 3.76. The lowest BCUT2D eigenvalue weighted by atomic mass is 10.1. The third-order valence-electron chi connectivity index (χ3n) is 2.69. The smallest absolute Gasteiger partial charge is 0.0693 e. The Bertz CT molecular complexity index is 132. The minimum absolute atomic E-state index is 0.107. The zero-order valence-electron chi connectivity index (χ0n) is 8.46. The molecule has 2 N–H and O–H groups in total. The van der Waals surface area contributed by atoms with Gasteiger partial charge in [-0.25, -0.2) is 0 Å². The first-order valence-corrected chi connectivity index (χ1v) is 6.64. The Hall–Kier alpha value is 0.270. The molecule has 2 atom stereocenters. The van der Waals surface area contributed by atoms with E-state index in [2.05, 4.69) is 11.6 Å². The van der Waals surface area contributed by atoms with Crippen molar-refractivity contribution in [2.75, 3.05) is 18.6 Å². The van der Waals surface area contributed by atoms with E-state index in [9.17, 15) is 5.11 Å². The van der Waals surface area contributed by atoms with Gasteiger partial charge in [0, 0.05) is 18.3 Å². The van der Waals surface area contributed by atoms with Crippen LogP contribution >= 0.6 is 11.8 Å². The lowest BCUT2D eigenvalue weighted by Crippen LogP contribution is -2.40. The zero-order chi connectivity index (χ0) is 9.52. The van der Waals surface area contributed by atoms with Crippen molar-refractivity contribution in [3.05, 3.63) is 0 Å². The molecule has 1 fully saturated rings. The van der Waals surface area contributed by atoms with Gasteiger partial charge in [0.05, 0.1) is 6.10 Å². The molecule has 0 bridgehead atoms. The number of hydrogen-bond acceptors (Lipinski definition) is 3. The molecular weight excluding hydrogens is 182 g/mol. The van der Waals surface area contributed by atoms with E-state index in [-0.39, 0.29) is 6.10 Å². The van der Waals surface area contributed by atoms with E-state index in [0.717, 1.165) is 25.1 Å². The zero-order valence-corrected chi connectivity index (χ0v) is 9.28. The van der Waals surface area contributed by atoms with Crippen LogP contribution in [0.15, 0.2) is 0 Å². The van der Waals surface area contributed by atoms with Crippen LogP contribution in [0.3, 0.4) is 0 Å². The Labute approximate surface area is 85.5 Å². The highest BCUT2D eigenvalue weighted by molar-refractivity contribution is 7.98. The van der Waals surface area contributed by atoms with Crippen LogP contribution < -0.4 is 5.32 Å². The second-order valence-corrected chi connectivity index (χ2v) is 4.74. The average Bonchev–Trinajstić information content (AvgIpc) is 2.32. The third-order valence-corrected chi connectivity index (χ3v) is 3.30. The summed E-state index contributed by atoms with van der Waals surface area (Å²) in [5.74, 6) is 1.14. The summed E-state index contributed by atoms with van der Waals surface area (Å²) in [6.07, 6.45) is 7.90. The van der Waals surface area contributed by atoms with Crippen molar-refractivity contribution in [3.8, 4) is 0 Å². The minimum Gasteiger partial charge on any atom is -0.392 e. The van der Waals surface area contributed by atoms with Crippen molar-refractivity contribution in [2.24, 2.45) is 0 Å². The molecule has 2 unspecified atom stereocenters. The van der Waals surface area contributed by atoms with Crippen LogP contribution in [0, 0.1) is 0 Å². The van der Waals surface area contributed by atoms with Crippen molar-refractivity contribution in [1.29, 1.82) is 0 Å². The third kappa shape index (κ3) is 4.34. The number of thioether (sulfide) groups is 1. The summed E-state index contributed by atoms with van der Waals surface area (Å²) in [6, 6.07) is 0.356. The van der Waals surface area contributed by atoms with E-state index in [0.29, 0.717) is 6.04 Å². The Morgan fingerprint density at radius 1 is 1.31 bits per heavy atom. The lowest BCUT2D eigenvalue weighted by molar-refractivity contribution is 0.121. The van der Waals surface area contributed by atoms with Crippen molar-refractivity contribution in [1.82, 2.24) is 5.32 Å². The highest BCUT2D eigenvalue weighted by atomic mass is 32.2. The summed E-state index contributed by atoms with van der Waals surface area (Å²) in [7, 11) is 0. The molecule has 1 aliphatic rings. The van der Waals surface area contributed by atoms with Crippen LogP contribution in [-0.4, -0.2) is 35.8 Å². The van der Waals surface area contributed by atoms with Gasteiger partial charge in [-0.2, -0.15) is 11.8 Å². The predicted molar refractivity (Wildman–Crippen MR) is 59.3 cm³/mol. The Kier molecular flexibility index (Phi) is 5.83. The van der Waals surface area contributed by atoms with Crippen LogP contribution in [0.4, 0.5) is 0 Å². The van der Waals surface area contributed by atoms with E-state index in [4.69, 9.17) is 0 Å². The van der Waals surface area contributed by atoms with Gasteiger partial charge in [-0.05, 0) is 19.1 Å². The maximum atomic E-state index is 9.78. The molecule has 0 heterocycles. The fourth-order valence-electron chi connectivity index (χ4n) is 1.87. The molecule has 0 aromatic carbocycles. The highest BCUT2D eigenvalue weighted by Gasteiger charge is 2.20. The van der Waals surface area contributed by atoms with Gasteiger partial charge in [0.15, 0.2) is 0 Å². The molecule has 2 nitrogen and oxygen atoms in total. The standard InChI is InChI=1S/C10H21NOS/c1-13-8-7-11-9-5-3-2-4-6-10(9)12/h9-12H,2-8H2,1H3. The molecule has 78 valence electrons. The van der Waals surface area contributed by atoms with Gasteiger partial charge in [0.1, 0.15) is 0 Å². The summed E-state index contributed by atoms with van der Waals surface area (Å²) < 4.78 is 0. The molecule has 0 radical (unpaired) electrons. The van der Waals surface area contributed by atoms with Crippen molar-refractivity contribution in [2.45, 2.75) is 44.2 Å². The molecule has 13 heavy (non-hydrogen) atoms. The van der Waals surface area contributed by atoms with Gasteiger partial charge in [-0.1, -0.05) is 19.3 Å². The largest absolute Gasteiger partial charge is 0.392 e. The van der Waals surface area contributed by atoms with E-state index in [1.54, 1.807) is 0 Å². The number of hydrogen-bond donors (Lipinski definition) is 2. The Morgan fingerprint density at radius 3 is 2.85 bits per heavy atom. The monoisotopic (exact) mass is 203 g/mol. The Balaban J connectivity index is 2.19. The quantitative estimate of drug-likeness (QED) is 0.538. The first-order valence-electron chi connectivity index (χ1n) is 5.25. The van der Waals surface area contributed by atoms with Gasteiger partial charge in [-0.15, -0.1) is 0 Å². The van der Waals surface area contributed by atoms with Gasteiger partial charge in [0.25, 0.3) is 0 Å². The van der Waals surface area contributed by atoms with E-state index in [1.165, 1.54) is 19.3 Å². The molecule has 1 rings (SSSR count). The number of rotatable bonds is 4. The lowest BCUT2D eigenvalue weighted by Gasteiger charge is -2.21. The maximum absolute atomic E-state index is 9.78. The highest BCUT2D eigenvalue weighted by Crippen LogP contribution is 2.17. The summed E-state index contributed by atoms with van der Waals surface area (Å²) in [5.41, 5.74) is 0. The molecule has 0 amide bonds. The van der Waals surface area contributed by atoms with Gasteiger partial charge < -0.3 is 10.4 Å². The van der Waals surface area contributed by atoms with Crippen molar-refractivity contribution >= 4 is 11.8 Å². The number of aliphatic hydroxyl groups is 1. The second kappa shape index (κ2) is 6.68.